The van der Waals surface area contributed by atoms with Crippen LogP contribution in [0.5, 0.6) is 5.75 Å². The van der Waals surface area contributed by atoms with Crippen molar-refractivity contribution in [3.63, 3.8) is 0 Å². The summed E-state index contributed by atoms with van der Waals surface area (Å²) in [5, 5.41) is 6.65. The normalized spacial score (nSPS) is 12.0. The van der Waals surface area contributed by atoms with Crippen LogP contribution in [0.3, 0.4) is 0 Å². The number of halogens is 6. The van der Waals surface area contributed by atoms with Gasteiger partial charge in [0.1, 0.15) is 5.75 Å². The number of nitrogens with one attached hydrogen (secondary N) is 1. The maximum absolute atomic E-state index is 12.7. The monoisotopic (exact) mass is 458 g/mol. The Bertz CT molecular complexity index is 1070. The van der Waals surface area contributed by atoms with E-state index in [0.29, 0.717) is 17.5 Å². The molecule has 3 rings (SSSR count). The molecule has 1 amide bonds. The van der Waals surface area contributed by atoms with E-state index in [1.165, 1.54) is 35.1 Å². The Morgan fingerprint density at radius 1 is 1.03 bits per heavy atom. The van der Waals surface area contributed by atoms with Crippen molar-refractivity contribution in [1.82, 2.24) is 20.1 Å². The zero-order valence-corrected chi connectivity index (χ0v) is 16.5. The molecular weight excluding hydrogens is 442 g/mol. The maximum Gasteiger partial charge on any atom is 0.422 e. The van der Waals surface area contributed by atoms with E-state index >= 15 is 0 Å². The van der Waals surface area contributed by atoms with Crippen molar-refractivity contribution < 1.29 is 35.9 Å². The number of hydrogen-bond donors (Lipinski definition) is 1. The Morgan fingerprint density at radius 3 is 2.28 bits per heavy atom. The van der Waals surface area contributed by atoms with E-state index < -0.39 is 30.4 Å². The molecule has 0 spiro atoms. The van der Waals surface area contributed by atoms with Crippen molar-refractivity contribution in [2.75, 3.05) is 6.61 Å². The summed E-state index contributed by atoms with van der Waals surface area (Å²) >= 11 is 0. The third-order valence-corrected chi connectivity index (χ3v) is 4.33. The third-order valence-electron chi connectivity index (χ3n) is 4.33. The highest BCUT2D eigenvalue weighted by molar-refractivity contribution is 5.95. The number of hydrogen-bond acceptors (Lipinski definition) is 4. The summed E-state index contributed by atoms with van der Waals surface area (Å²) in [6, 6.07) is 7.74. The molecule has 0 unspecified atom stereocenters. The predicted molar refractivity (Wildman–Crippen MR) is 100 cm³/mol. The molecule has 12 heteroatoms. The average Bonchev–Trinajstić information content (AvgIpc) is 3.11. The van der Waals surface area contributed by atoms with E-state index in [0.717, 1.165) is 12.1 Å². The van der Waals surface area contributed by atoms with Gasteiger partial charge in [0.25, 0.3) is 5.91 Å². The highest BCUT2D eigenvalue weighted by atomic mass is 19.4. The Morgan fingerprint density at radius 2 is 1.72 bits per heavy atom. The summed E-state index contributed by atoms with van der Waals surface area (Å²) in [5.74, 6) is -0.333. The lowest BCUT2D eigenvalue weighted by Gasteiger charge is -2.10. The first kappa shape index (κ1) is 23.1. The van der Waals surface area contributed by atoms with E-state index in [1.54, 1.807) is 6.92 Å². The van der Waals surface area contributed by atoms with Gasteiger partial charge in [0.15, 0.2) is 12.4 Å². The van der Waals surface area contributed by atoms with Crippen molar-refractivity contribution in [2.45, 2.75) is 25.8 Å². The number of ether oxygens (including phenoxy) is 1. The van der Waals surface area contributed by atoms with E-state index in [9.17, 15) is 31.1 Å². The van der Waals surface area contributed by atoms with Crippen molar-refractivity contribution >= 4 is 5.91 Å². The molecule has 0 radical (unpaired) electrons. The van der Waals surface area contributed by atoms with Crippen molar-refractivity contribution in [2.24, 2.45) is 0 Å². The molecule has 32 heavy (non-hydrogen) atoms. The van der Waals surface area contributed by atoms with E-state index in [2.05, 4.69) is 20.1 Å². The van der Waals surface area contributed by atoms with Gasteiger partial charge in [0.05, 0.1) is 23.0 Å². The molecule has 6 nitrogen and oxygen atoms in total. The van der Waals surface area contributed by atoms with Gasteiger partial charge in [-0.2, -0.15) is 31.4 Å². The van der Waals surface area contributed by atoms with Crippen molar-refractivity contribution in [3.05, 3.63) is 71.2 Å². The SMILES string of the molecule is Cc1c(C(=O)NCc2ccc(OCC(F)(F)F)cc2)cnn1-c1ccc(C(F)(F)F)cn1. The summed E-state index contributed by atoms with van der Waals surface area (Å²) in [4.78, 5) is 16.2. The fourth-order valence-corrected chi connectivity index (χ4v) is 2.69. The number of aromatic nitrogens is 3. The largest absolute Gasteiger partial charge is 0.484 e. The molecule has 2 heterocycles. The molecule has 0 fully saturated rings. The molecule has 0 bridgehead atoms. The molecular formula is C20H16F6N4O2. The molecule has 0 atom stereocenters. The zero-order chi connectivity index (χ0) is 23.5. The smallest absolute Gasteiger partial charge is 0.422 e. The minimum Gasteiger partial charge on any atom is -0.484 e. The number of rotatable bonds is 6. The standard InChI is InChI=1S/C20H16F6N4O2/c1-12-16(10-29-30(12)17-7-4-14(9-27-17)20(24,25)26)18(31)28-8-13-2-5-15(6-3-13)32-11-19(21,22)23/h2-7,9-10H,8,11H2,1H3,(H,28,31). The first-order chi connectivity index (χ1) is 14.9. The number of carbonyl (C=O) groups is 1. The van der Waals surface area contributed by atoms with Crippen LogP contribution < -0.4 is 10.1 Å². The number of nitrogens with zero attached hydrogens (tertiary/aromatic N) is 3. The van der Waals surface area contributed by atoms with Gasteiger partial charge in [-0.05, 0) is 36.8 Å². The lowest BCUT2D eigenvalue weighted by molar-refractivity contribution is -0.153. The number of amides is 1. The Hall–Kier alpha value is -3.57. The number of benzene rings is 1. The summed E-state index contributed by atoms with van der Waals surface area (Å²) in [7, 11) is 0. The lowest BCUT2D eigenvalue weighted by atomic mass is 10.2. The second-order valence-electron chi connectivity index (χ2n) is 6.69. The minimum atomic E-state index is -4.52. The third kappa shape index (κ3) is 5.77. The van der Waals surface area contributed by atoms with Gasteiger partial charge in [-0.3, -0.25) is 4.79 Å². The second kappa shape index (κ2) is 8.89. The minimum absolute atomic E-state index is 0.0403. The molecule has 0 saturated heterocycles. The van der Waals surface area contributed by atoms with Gasteiger partial charge in [-0.25, -0.2) is 9.67 Å². The summed E-state index contributed by atoms with van der Waals surface area (Å²) in [5.41, 5.74) is 0.272. The van der Waals surface area contributed by atoms with Crippen LogP contribution in [0.2, 0.25) is 0 Å². The Kier molecular flexibility index (Phi) is 6.42. The first-order valence-electron chi connectivity index (χ1n) is 9.09. The average molecular weight is 458 g/mol. The van der Waals surface area contributed by atoms with Crippen LogP contribution in [0.1, 0.15) is 27.2 Å². The van der Waals surface area contributed by atoms with Gasteiger partial charge in [-0.15, -0.1) is 0 Å². The summed E-state index contributed by atoms with van der Waals surface area (Å²) in [6.07, 6.45) is -7.01. The van der Waals surface area contributed by atoms with Crippen molar-refractivity contribution in [3.8, 4) is 11.6 Å². The molecule has 0 aliphatic heterocycles. The predicted octanol–water partition coefficient (Wildman–Crippen LogP) is 4.47. The van der Waals surface area contributed by atoms with E-state index in [-0.39, 0.29) is 23.7 Å². The quantitative estimate of drug-likeness (QED) is 0.554. The molecule has 170 valence electrons. The van der Waals surface area contributed by atoms with Crippen LogP contribution in [0.15, 0.2) is 48.8 Å². The first-order valence-corrected chi connectivity index (χ1v) is 9.09. The van der Waals surface area contributed by atoms with Gasteiger partial charge >= 0.3 is 12.4 Å². The molecule has 1 aromatic carbocycles. The Balaban J connectivity index is 1.62. The fraction of sp³-hybridized carbons (Fsp3) is 0.250. The Labute approximate surface area is 177 Å². The molecule has 3 aromatic rings. The van der Waals surface area contributed by atoms with Crippen LogP contribution in [0.4, 0.5) is 26.3 Å². The fourth-order valence-electron chi connectivity index (χ4n) is 2.69. The van der Waals surface area contributed by atoms with Crippen LogP contribution in [-0.2, 0) is 12.7 Å². The van der Waals surface area contributed by atoms with Crippen molar-refractivity contribution in [1.29, 1.82) is 0 Å². The maximum atomic E-state index is 12.7. The molecule has 1 N–H and O–H groups in total. The summed E-state index contributed by atoms with van der Waals surface area (Å²) < 4.78 is 80.4. The van der Waals surface area contributed by atoms with Gasteiger partial charge < -0.3 is 10.1 Å². The number of carbonyl (C=O) groups excluding carboxylic acids is 1. The van der Waals surface area contributed by atoms with Crippen LogP contribution in [-0.4, -0.2) is 33.5 Å². The van der Waals surface area contributed by atoms with Gasteiger partial charge in [0.2, 0.25) is 0 Å². The molecule has 2 aromatic heterocycles. The van der Waals surface area contributed by atoms with Crippen LogP contribution in [0.25, 0.3) is 5.82 Å². The molecule has 0 aliphatic carbocycles. The van der Waals surface area contributed by atoms with Crippen LogP contribution >= 0.6 is 0 Å². The number of alkyl halides is 6. The van der Waals surface area contributed by atoms with E-state index in [1.807, 2.05) is 0 Å². The molecule has 0 aliphatic rings. The highest BCUT2D eigenvalue weighted by Gasteiger charge is 2.31. The van der Waals surface area contributed by atoms with E-state index in [4.69, 9.17) is 0 Å². The topological polar surface area (TPSA) is 69.0 Å². The summed E-state index contributed by atoms with van der Waals surface area (Å²) in [6.45, 7) is 0.246. The van der Waals surface area contributed by atoms with Crippen LogP contribution in [0, 0.1) is 6.92 Å². The second-order valence-corrected chi connectivity index (χ2v) is 6.69. The highest BCUT2D eigenvalue weighted by Crippen LogP contribution is 2.29. The van der Waals surface area contributed by atoms with Gasteiger partial charge in [0, 0.05) is 12.7 Å². The lowest BCUT2D eigenvalue weighted by Crippen LogP contribution is -2.23. The molecule has 0 saturated carbocycles. The zero-order valence-electron chi connectivity index (χ0n) is 16.5. The van der Waals surface area contributed by atoms with Gasteiger partial charge in [-0.1, -0.05) is 12.1 Å². The number of pyridine rings is 1.